The molecule has 8 nitrogen and oxygen atoms in total. The van der Waals surface area contributed by atoms with Crippen molar-refractivity contribution in [1.29, 1.82) is 0 Å². The Morgan fingerprint density at radius 1 is 1.07 bits per heavy atom. The molecule has 3 heterocycles. The smallest absolute Gasteiger partial charge is 0.410 e. The van der Waals surface area contributed by atoms with Crippen LogP contribution >= 0.6 is 0 Å². The summed E-state index contributed by atoms with van der Waals surface area (Å²) in [5.74, 6) is -0.389. The van der Waals surface area contributed by atoms with Crippen LogP contribution < -0.4 is 5.32 Å². The first-order valence-corrected chi connectivity index (χ1v) is 13.7. The molecule has 0 bridgehead atoms. The highest BCUT2D eigenvalue weighted by Gasteiger charge is 2.32. The molecule has 2 aromatic carbocycles. The van der Waals surface area contributed by atoms with E-state index in [4.69, 9.17) is 14.8 Å². The molecule has 1 unspecified atom stereocenters. The largest absolute Gasteiger partial charge is 0.444 e. The van der Waals surface area contributed by atoms with Crippen LogP contribution in [0.2, 0.25) is 0 Å². The number of pyridine rings is 1. The van der Waals surface area contributed by atoms with Gasteiger partial charge in [0.05, 0.1) is 17.9 Å². The van der Waals surface area contributed by atoms with Gasteiger partial charge in [0.25, 0.3) is 5.91 Å². The second kappa shape index (κ2) is 11.5. The van der Waals surface area contributed by atoms with Gasteiger partial charge in [0.15, 0.2) is 0 Å². The Labute approximate surface area is 239 Å². The molecule has 0 radical (unpaired) electrons. The van der Waals surface area contributed by atoms with E-state index in [1.807, 2.05) is 68.2 Å². The summed E-state index contributed by atoms with van der Waals surface area (Å²) in [6.45, 7) is 7.19. The molecule has 1 atom stereocenters. The fraction of sp³-hybridized carbons (Fsp3) is 0.312. The summed E-state index contributed by atoms with van der Waals surface area (Å²) in [5, 5.41) is 7.53. The average Bonchev–Trinajstić information content (AvgIpc) is 3.62. The van der Waals surface area contributed by atoms with E-state index < -0.39 is 5.60 Å². The van der Waals surface area contributed by atoms with E-state index in [2.05, 4.69) is 5.32 Å². The van der Waals surface area contributed by atoms with Gasteiger partial charge in [-0.25, -0.2) is 9.18 Å². The van der Waals surface area contributed by atoms with Crippen LogP contribution in [0.1, 0.15) is 54.6 Å². The number of likely N-dealkylation sites (tertiary alicyclic amines) is 1. The highest BCUT2D eigenvalue weighted by Crippen LogP contribution is 2.36. The van der Waals surface area contributed by atoms with Crippen LogP contribution in [0.3, 0.4) is 0 Å². The summed E-state index contributed by atoms with van der Waals surface area (Å²) in [4.78, 5) is 31.3. The van der Waals surface area contributed by atoms with Gasteiger partial charge < -0.3 is 15.0 Å². The van der Waals surface area contributed by atoms with Gasteiger partial charge in [-0.3, -0.25) is 14.5 Å². The predicted molar refractivity (Wildman–Crippen MR) is 155 cm³/mol. The number of nitrogens with one attached hydrogen (secondary N) is 1. The number of aromatic nitrogens is 3. The van der Waals surface area contributed by atoms with Crippen molar-refractivity contribution in [2.45, 2.75) is 45.3 Å². The zero-order valence-corrected chi connectivity index (χ0v) is 23.7. The fourth-order valence-corrected chi connectivity index (χ4v) is 5.03. The Morgan fingerprint density at radius 3 is 2.59 bits per heavy atom. The Morgan fingerprint density at radius 2 is 1.85 bits per heavy atom. The molecule has 212 valence electrons. The quantitative estimate of drug-likeness (QED) is 0.321. The minimum Gasteiger partial charge on any atom is -0.444 e. The van der Waals surface area contributed by atoms with E-state index in [0.29, 0.717) is 30.9 Å². The van der Waals surface area contributed by atoms with Gasteiger partial charge in [-0.2, -0.15) is 5.10 Å². The third kappa shape index (κ3) is 6.62. The number of carbonyl (C=O) groups is 2. The van der Waals surface area contributed by atoms with Crippen molar-refractivity contribution in [2.75, 3.05) is 20.1 Å². The van der Waals surface area contributed by atoms with E-state index in [1.165, 1.54) is 12.1 Å². The van der Waals surface area contributed by atoms with Crippen molar-refractivity contribution in [3.05, 3.63) is 95.6 Å². The highest BCUT2D eigenvalue weighted by atomic mass is 19.1. The van der Waals surface area contributed by atoms with Crippen LogP contribution in [0.5, 0.6) is 0 Å². The van der Waals surface area contributed by atoms with Crippen LogP contribution in [0.4, 0.5) is 9.18 Å². The van der Waals surface area contributed by atoms with E-state index in [1.54, 1.807) is 30.1 Å². The number of nitrogens with zero attached hydrogens (tertiary/aromatic N) is 4. The summed E-state index contributed by atoms with van der Waals surface area (Å²) in [6.07, 6.45) is 4.21. The number of rotatable bonds is 6. The SMILES string of the molecule is CNC(=O)c1cccc(Cn2ccc(-c3cc(-c4ccc(F)cc4)ncc3C3CCN(C(=O)OC(C)(C)C)C3)n2)c1. The molecular weight excluding hydrogens is 521 g/mol. The van der Waals surface area contributed by atoms with Gasteiger partial charge in [-0.15, -0.1) is 0 Å². The number of benzene rings is 2. The van der Waals surface area contributed by atoms with E-state index in [0.717, 1.165) is 34.4 Å². The van der Waals surface area contributed by atoms with E-state index in [-0.39, 0.29) is 23.7 Å². The zero-order valence-electron chi connectivity index (χ0n) is 23.7. The van der Waals surface area contributed by atoms with Gasteiger partial charge in [-0.05, 0) is 86.8 Å². The van der Waals surface area contributed by atoms with Crippen LogP contribution in [-0.2, 0) is 11.3 Å². The lowest BCUT2D eigenvalue weighted by atomic mass is 9.92. The van der Waals surface area contributed by atoms with Gasteiger partial charge in [0.1, 0.15) is 11.4 Å². The van der Waals surface area contributed by atoms with Gasteiger partial charge in [0, 0.05) is 55.1 Å². The number of amides is 2. The van der Waals surface area contributed by atoms with Crippen molar-refractivity contribution in [2.24, 2.45) is 0 Å². The molecule has 5 rings (SSSR count). The standard InChI is InChI=1S/C32H34FN5O3/c1-32(2,3)41-31(40)37-14-12-24(20-37)27-18-35-29(22-8-10-25(33)11-9-22)17-26(27)28-13-15-38(36-28)19-21-6-5-7-23(16-21)30(39)34-4/h5-11,13,15-18,24H,12,14,19-20H2,1-4H3,(H,34,39). The molecule has 2 amide bonds. The third-order valence-electron chi connectivity index (χ3n) is 7.03. The molecular formula is C32H34FN5O3. The van der Waals surface area contributed by atoms with Crippen molar-refractivity contribution in [3.8, 4) is 22.5 Å². The van der Waals surface area contributed by atoms with E-state index >= 15 is 0 Å². The molecule has 4 aromatic rings. The van der Waals surface area contributed by atoms with Crippen LogP contribution in [0.25, 0.3) is 22.5 Å². The number of hydrogen-bond acceptors (Lipinski definition) is 5. The van der Waals surface area contributed by atoms with Crippen molar-refractivity contribution in [3.63, 3.8) is 0 Å². The monoisotopic (exact) mass is 555 g/mol. The van der Waals surface area contributed by atoms with Crippen molar-refractivity contribution in [1.82, 2.24) is 25.0 Å². The van der Waals surface area contributed by atoms with Crippen LogP contribution in [-0.4, -0.2) is 57.4 Å². The van der Waals surface area contributed by atoms with Crippen LogP contribution in [0, 0.1) is 5.82 Å². The summed E-state index contributed by atoms with van der Waals surface area (Å²) in [5.41, 5.74) is 5.15. The first kappa shape index (κ1) is 28.0. The summed E-state index contributed by atoms with van der Waals surface area (Å²) < 4.78 is 21.0. The molecule has 0 saturated carbocycles. The maximum absolute atomic E-state index is 13.6. The number of halogens is 1. The summed E-state index contributed by atoms with van der Waals surface area (Å²) in [7, 11) is 1.61. The Kier molecular flexibility index (Phi) is 7.88. The van der Waals surface area contributed by atoms with Crippen molar-refractivity contribution < 1.29 is 18.7 Å². The zero-order chi connectivity index (χ0) is 29.1. The molecule has 1 N–H and O–H groups in total. The fourth-order valence-electron chi connectivity index (χ4n) is 5.03. The van der Waals surface area contributed by atoms with E-state index in [9.17, 15) is 14.0 Å². The average molecular weight is 556 g/mol. The Hall–Kier alpha value is -4.53. The minimum atomic E-state index is -0.564. The molecule has 9 heteroatoms. The lowest BCUT2D eigenvalue weighted by molar-refractivity contribution is 0.0292. The number of carbonyl (C=O) groups excluding carboxylic acids is 2. The molecule has 1 aliphatic rings. The maximum atomic E-state index is 13.6. The second-order valence-electron chi connectivity index (χ2n) is 11.3. The summed E-state index contributed by atoms with van der Waals surface area (Å²) >= 11 is 0. The second-order valence-corrected chi connectivity index (χ2v) is 11.3. The molecule has 1 fully saturated rings. The van der Waals surface area contributed by atoms with Crippen molar-refractivity contribution >= 4 is 12.0 Å². The first-order valence-electron chi connectivity index (χ1n) is 13.7. The van der Waals surface area contributed by atoms with Gasteiger partial charge >= 0.3 is 6.09 Å². The Bertz CT molecular complexity index is 1560. The molecule has 0 spiro atoms. The maximum Gasteiger partial charge on any atom is 0.410 e. The molecule has 2 aromatic heterocycles. The number of ether oxygens (including phenoxy) is 1. The normalized spacial score (nSPS) is 15.1. The topological polar surface area (TPSA) is 89.4 Å². The highest BCUT2D eigenvalue weighted by molar-refractivity contribution is 5.94. The van der Waals surface area contributed by atoms with Gasteiger partial charge in [-0.1, -0.05) is 12.1 Å². The van der Waals surface area contributed by atoms with Gasteiger partial charge in [0.2, 0.25) is 0 Å². The predicted octanol–water partition coefficient (Wildman–Crippen LogP) is 5.88. The Balaban J connectivity index is 1.46. The molecule has 1 saturated heterocycles. The lowest BCUT2D eigenvalue weighted by Gasteiger charge is -2.24. The summed E-state index contributed by atoms with van der Waals surface area (Å²) in [6, 6.07) is 17.6. The third-order valence-corrected chi connectivity index (χ3v) is 7.03. The molecule has 1 aliphatic heterocycles. The van der Waals surface area contributed by atoms with Crippen LogP contribution in [0.15, 0.2) is 73.1 Å². The number of hydrogen-bond donors (Lipinski definition) is 1. The molecule has 0 aliphatic carbocycles. The molecule has 41 heavy (non-hydrogen) atoms. The first-order chi connectivity index (χ1) is 19.6. The minimum absolute atomic E-state index is 0.0571. The lowest BCUT2D eigenvalue weighted by Crippen LogP contribution is -2.35.